The molecule has 0 saturated heterocycles. The number of alkyl halides is 3. The molecule has 27 heavy (non-hydrogen) atoms. The van der Waals surface area contributed by atoms with E-state index < -0.39 is 18.3 Å². The summed E-state index contributed by atoms with van der Waals surface area (Å²) in [6, 6.07) is 10.2. The molecule has 2 aromatic heterocycles. The minimum Gasteiger partial charge on any atom is -0.494 e. The van der Waals surface area contributed by atoms with Gasteiger partial charge >= 0.3 is 6.18 Å². The third kappa shape index (κ3) is 3.14. The molecule has 4 rings (SSSR count). The summed E-state index contributed by atoms with van der Waals surface area (Å²) < 4.78 is 44.7. The van der Waals surface area contributed by atoms with Crippen LogP contribution in [0.25, 0.3) is 32.4 Å². The largest absolute Gasteiger partial charge is 0.494 e. The summed E-state index contributed by atoms with van der Waals surface area (Å²) in [5.74, 6) is 0.539. The van der Waals surface area contributed by atoms with Crippen LogP contribution in [0.3, 0.4) is 0 Å². The zero-order valence-corrected chi connectivity index (χ0v) is 14.8. The Morgan fingerprint density at radius 1 is 1.19 bits per heavy atom. The van der Waals surface area contributed by atoms with Crippen LogP contribution in [0, 0.1) is 0 Å². The number of para-hydroxylation sites is 1. The van der Waals surface area contributed by atoms with E-state index >= 15 is 0 Å². The zero-order chi connectivity index (χ0) is 19.2. The molecular weight excluding hydrogens is 379 g/mol. The number of ether oxygens (including phenoxy) is 1. The first kappa shape index (κ1) is 17.5. The summed E-state index contributed by atoms with van der Waals surface area (Å²) in [4.78, 5) is 21.2. The van der Waals surface area contributed by atoms with Gasteiger partial charge in [-0.05, 0) is 18.2 Å². The van der Waals surface area contributed by atoms with Crippen molar-refractivity contribution in [2.24, 2.45) is 0 Å². The molecule has 2 aromatic carbocycles. The number of nitrogens with zero attached hydrogens (tertiary/aromatic N) is 3. The first-order chi connectivity index (χ1) is 12.9. The number of methoxy groups -OCH3 is 1. The fraction of sp³-hybridized carbons (Fsp3) is 0.167. The molecule has 0 saturated carbocycles. The average Bonchev–Trinajstić information content (AvgIpc) is 2.95. The van der Waals surface area contributed by atoms with Crippen LogP contribution in [0.15, 0.2) is 47.4 Å². The molecule has 0 atom stereocenters. The van der Waals surface area contributed by atoms with Crippen molar-refractivity contribution in [3.8, 4) is 17.0 Å². The minimum absolute atomic E-state index is 0.226. The molecule has 9 heteroatoms. The average molecular weight is 391 g/mol. The maximum atomic E-state index is 12.7. The van der Waals surface area contributed by atoms with E-state index in [2.05, 4.69) is 9.97 Å². The topological polar surface area (TPSA) is 57.0 Å². The van der Waals surface area contributed by atoms with Gasteiger partial charge in [-0.1, -0.05) is 29.7 Å². The number of halogens is 3. The first-order valence-corrected chi connectivity index (χ1v) is 8.64. The van der Waals surface area contributed by atoms with Crippen molar-refractivity contribution in [3.63, 3.8) is 0 Å². The molecule has 5 nitrogen and oxygen atoms in total. The van der Waals surface area contributed by atoms with Crippen LogP contribution >= 0.6 is 11.5 Å². The second-order valence-electron chi connectivity index (χ2n) is 5.81. The van der Waals surface area contributed by atoms with Gasteiger partial charge < -0.3 is 4.74 Å². The Morgan fingerprint density at radius 2 is 1.96 bits per heavy atom. The quantitative estimate of drug-likeness (QED) is 0.524. The number of hydrogen-bond acceptors (Lipinski definition) is 5. The Bertz CT molecular complexity index is 1210. The third-order valence-corrected chi connectivity index (χ3v) is 5.17. The van der Waals surface area contributed by atoms with Gasteiger partial charge in [-0.25, -0.2) is 4.98 Å². The Balaban J connectivity index is 1.93. The zero-order valence-electron chi connectivity index (χ0n) is 13.9. The molecular formula is C18H12F3N3O2S. The van der Waals surface area contributed by atoms with Crippen LogP contribution in [-0.4, -0.2) is 27.2 Å². The van der Waals surface area contributed by atoms with Crippen LogP contribution in [0.1, 0.15) is 0 Å². The Hall–Kier alpha value is -2.94. The summed E-state index contributed by atoms with van der Waals surface area (Å²) in [6.45, 7) is -1.32. The minimum atomic E-state index is -4.47. The van der Waals surface area contributed by atoms with Gasteiger partial charge in [0.25, 0.3) is 5.56 Å². The number of benzene rings is 2. The smallest absolute Gasteiger partial charge is 0.407 e. The SMILES string of the molecule is COc1cccc2ncc(-c3cccc4c(=O)n(CC(F)(F)F)sc34)nc12. The fourth-order valence-electron chi connectivity index (χ4n) is 2.86. The maximum absolute atomic E-state index is 12.7. The first-order valence-electron chi connectivity index (χ1n) is 7.87. The number of fused-ring (bicyclic) bond motifs is 2. The van der Waals surface area contributed by atoms with Gasteiger partial charge in [0.05, 0.1) is 34.6 Å². The van der Waals surface area contributed by atoms with Crippen LogP contribution in [0.4, 0.5) is 13.2 Å². The molecule has 0 radical (unpaired) electrons. The summed E-state index contributed by atoms with van der Waals surface area (Å²) in [5.41, 5.74) is 1.51. The van der Waals surface area contributed by atoms with E-state index in [0.717, 1.165) is 11.5 Å². The number of aromatic nitrogens is 3. The summed E-state index contributed by atoms with van der Waals surface area (Å²) in [5, 5.41) is 0.226. The standard InChI is InChI=1S/C18H12F3N3O2S/c1-26-14-7-3-6-12-15(14)23-13(8-22-12)10-4-2-5-11-16(10)27-24(17(11)25)9-18(19,20)21/h2-8H,9H2,1H3. The highest BCUT2D eigenvalue weighted by Crippen LogP contribution is 2.32. The van der Waals surface area contributed by atoms with Gasteiger partial charge in [-0.2, -0.15) is 13.2 Å². The lowest BCUT2D eigenvalue weighted by Crippen LogP contribution is -2.23. The van der Waals surface area contributed by atoms with E-state index in [4.69, 9.17) is 4.74 Å². The van der Waals surface area contributed by atoms with Crippen LogP contribution in [0.2, 0.25) is 0 Å². The summed E-state index contributed by atoms with van der Waals surface area (Å²) >= 11 is 0.773. The van der Waals surface area contributed by atoms with Gasteiger partial charge in [-0.15, -0.1) is 0 Å². The molecule has 2 heterocycles. The van der Waals surface area contributed by atoms with Crippen LogP contribution in [0.5, 0.6) is 5.75 Å². The summed E-state index contributed by atoms with van der Waals surface area (Å²) in [6.07, 6.45) is -2.93. The lowest BCUT2D eigenvalue weighted by Gasteiger charge is -2.07. The Kier molecular flexibility index (Phi) is 4.11. The van der Waals surface area contributed by atoms with E-state index in [1.165, 1.54) is 19.4 Å². The highest BCUT2D eigenvalue weighted by atomic mass is 32.1. The van der Waals surface area contributed by atoms with Crippen LogP contribution < -0.4 is 10.3 Å². The predicted molar refractivity (Wildman–Crippen MR) is 97.2 cm³/mol. The molecule has 0 aliphatic carbocycles. The van der Waals surface area contributed by atoms with Crippen molar-refractivity contribution in [2.45, 2.75) is 12.7 Å². The number of rotatable bonds is 3. The lowest BCUT2D eigenvalue weighted by molar-refractivity contribution is -0.139. The van der Waals surface area contributed by atoms with Crippen molar-refractivity contribution in [1.82, 2.24) is 13.9 Å². The molecule has 0 spiro atoms. The van der Waals surface area contributed by atoms with E-state index in [9.17, 15) is 18.0 Å². The van der Waals surface area contributed by atoms with Crippen molar-refractivity contribution in [2.75, 3.05) is 7.11 Å². The van der Waals surface area contributed by atoms with Gasteiger partial charge in [0.1, 0.15) is 17.8 Å². The van der Waals surface area contributed by atoms with E-state index in [1.54, 1.807) is 30.3 Å². The van der Waals surface area contributed by atoms with E-state index in [-0.39, 0.29) is 5.39 Å². The highest BCUT2D eigenvalue weighted by Gasteiger charge is 2.30. The van der Waals surface area contributed by atoms with E-state index in [0.29, 0.717) is 36.7 Å². The predicted octanol–water partition coefficient (Wildman–Crippen LogP) is 4.24. The third-order valence-electron chi connectivity index (χ3n) is 4.03. The van der Waals surface area contributed by atoms with Crippen molar-refractivity contribution in [3.05, 3.63) is 52.9 Å². The molecule has 0 aliphatic heterocycles. The van der Waals surface area contributed by atoms with Gasteiger partial charge in [-0.3, -0.25) is 13.7 Å². The van der Waals surface area contributed by atoms with Gasteiger partial charge in [0.2, 0.25) is 0 Å². The number of hydrogen-bond donors (Lipinski definition) is 0. The normalized spacial score (nSPS) is 12.0. The van der Waals surface area contributed by atoms with Crippen molar-refractivity contribution < 1.29 is 17.9 Å². The molecule has 0 fully saturated rings. The molecule has 0 N–H and O–H groups in total. The Morgan fingerprint density at radius 3 is 2.70 bits per heavy atom. The second-order valence-corrected chi connectivity index (χ2v) is 6.85. The second kappa shape index (κ2) is 6.34. The molecule has 4 aromatic rings. The van der Waals surface area contributed by atoms with Crippen molar-refractivity contribution in [1.29, 1.82) is 0 Å². The molecule has 0 bridgehead atoms. The molecule has 138 valence electrons. The van der Waals surface area contributed by atoms with Crippen LogP contribution in [-0.2, 0) is 6.54 Å². The summed E-state index contributed by atoms with van der Waals surface area (Å²) in [7, 11) is 1.52. The van der Waals surface area contributed by atoms with Gasteiger partial charge in [0, 0.05) is 5.56 Å². The monoisotopic (exact) mass is 391 g/mol. The van der Waals surface area contributed by atoms with E-state index in [1.807, 2.05) is 0 Å². The highest BCUT2D eigenvalue weighted by molar-refractivity contribution is 7.14. The van der Waals surface area contributed by atoms with Crippen molar-refractivity contribution >= 4 is 32.7 Å². The molecule has 0 amide bonds. The maximum Gasteiger partial charge on any atom is 0.407 e. The molecule has 0 aliphatic rings. The fourth-order valence-corrected chi connectivity index (χ4v) is 4.00. The van der Waals surface area contributed by atoms with Gasteiger partial charge in [0.15, 0.2) is 0 Å². The lowest BCUT2D eigenvalue weighted by atomic mass is 10.1. The Labute approximate surface area is 154 Å². The molecule has 0 unspecified atom stereocenters.